The Morgan fingerprint density at radius 1 is 1.22 bits per heavy atom. The topological polar surface area (TPSA) is 88.9 Å². The molecule has 1 aliphatic heterocycles. The van der Waals surface area contributed by atoms with Gasteiger partial charge in [-0.25, -0.2) is 9.97 Å². The molecule has 11 heteroatoms. The second-order valence-electron chi connectivity index (χ2n) is 7.64. The third kappa shape index (κ3) is 4.47. The van der Waals surface area contributed by atoms with Crippen LogP contribution in [0.15, 0.2) is 23.1 Å². The second kappa shape index (κ2) is 8.89. The third-order valence-corrected chi connectivity index (χ3v) is 6.61. The number of hydrogen-bond donors (Lipinski definition) is 2. The highest BCUT2D eigenvalue weighted by atomic mass is 32.1. The van der Waals surface area contributed by atoms with Crippen molar-refractivity contribution >= 4 is 33.3 Å². The molecular weight excluding hydrogens is 443 g/mol. The van der Waals surface area contributed by atoms with Crippen molar-refractivity contribution in [2.45, 2.75) is 45.3 Å². The zero-order chi connectivity index (χ0) is 22.9. The van der Waals surface area contributed by atoms with Crippen LogP contribution in [0.1, 0.15) is 45.9 Å². The minimum absolute atomic E-state index is 0.0882. The number of rotatable bonds is 5. The standard InChI is InChI=1S/C21H22F3N5O2S/c1-12-16-19(28-15-5-3-2-4-10-29(15)20(16)31)32-17(12)18(30)26-9-8-25-14-7-6-13(11-27-14)21(22,23)24/h6-7,11H,2-5,8-10H2,1H3,(H,25,27)(H,26,30). The fourth-order valence-electron chi connectivity index (χ4n) is 3.74. The molecule has 0 atom stereocenters. The van der Waals surface area contributed by atoms with E-state index in [-0.39, 0.29) is 30.4 Å². The van der Waals surface area contributed by atoms with Gasteiger partial charge in [-0.05, 0) is 37.5 Å². The van der Waals surface area contributed by atoms with Crippen LogP contribution in [0.25, 0.3) is 10.2 Å². The number of amides is 1. The molecule has 170 valence electrons. The Labute approximate surface area is 185 Å². The highest BCUT2D eigenvalue weighted by Crippen LogP contribution is 2.29. The molecule has 0 aliphatic carbocycles. The summed E-state index contributed by atoms with van der Waals surface area (Å²) < 4.78 is 39.5. The van der Waals surface area contributed by atoms with E-state index in [0.29, 0.717) is 27.2 Å². The maximum absolute atomic E-state index is 13.0. The molecule has 7 nitrogen and oxygen atoms in total. The number of nitrogens with zero attached hydrogens (tertiary/aromatic N) is 3. The van der Waals surface area contributed by atoms with Gasteiger partial charge in [0.1, 0.15) is 16.5 Å². The first-order chi connectivity index (χ1) is 15.3. The number of carbonyl (C=O) groups is 1. The predicted octanol–water partition coefficient (Wildman–Crippen LogP) is 3.75. The van der Waals surface area contributed by atoms with Gasteiger partial charge in [0.2, 0.25) is 0 Å². The number of halogens is 3. The summed E-state index contributed by atoms with van der Waals surface area (Å²) in [6.45, 7) is 2.92. The van der Waals surface area contributed by atoms with Crippen molar-refractivity contribution in [3.05, 3.63) is 50.5 Å². The van der Waals surface area contributed by atoms with E-state index in [1.54, 1.807) is 11.5 Å². The Balaban J connectivity index is 1.41. The van der Waals surface area contributed by atoms with E-state index in [9.17, 15) is 22.8 Å². The molecule has 0 fully saturated rings. The lowest BCUT2D eigenvalue weighted by Gasteiger charge is -2.09. The molecule has 4 rings (SSSR count). The van der Waals surface area contributed by atoms with Crippen molar-refractivity contribution in [3.8, 4) is 0 Å². The highest BCUT2D eigenvalue weighted by Gasteiger charge is 2.30. The predicted molar refractivity (Wildman–Crippen MR) is 116 cm³/mol. The molecule has 2 N–H and O–H groups in total. The average Bonchev–Trinajstić information content (AvgIpc) is 2.92. The number of anilines is 1. The molecule has 0 saturated heterocycles. The summed E-state index contributed by atoms with van der Waals surface area (Å²) in [7, 11) is 0. The summed E-state index contributed by atoms with van der Waals surface area (Å²) in [4.78, 5) is 35.1. The summed E-state index contributed by atoms with van der Waals surface area (Å²) in [6, 6.07) is 2.19. The minimum atomic E-state index is -4.43. The maximum Gasteiger partial charge on any atom is 0.417 e. The van der Waals surface area contributed by atoms with Gasteiger partial charge >= 0.3 is 6.18 Å². The van der Waals surface area contributed by atoms with E-state index in [4.69, 9.17) is 0 Å². The van der Waals surface area contributed by atoms with Crippen molar-refractivity contribution in [1.29, 1.82) is 0 Å². The fraction of sp³-hybridized carbons (Fsp3) is 0.429. The third-order valence-electron chi connectivity index (χ3n) is 5.43. The number of aromatic nitrogens is 3. The van der Waals surface area contributed by atoms with Gasteiger partial charge in [-0.15, -0.1) is 11.3 Å². The zero-order valence-corrected chi connectivity index (χ0v) is 18.2. The van der Waals surface area contributed by atoms with Gasteiger partial charge in [-0.3, -0.25) is 14.2 Å². The molecule has 0 aromatic carbocycles. The van der Waals surface area contributed by atoms with Crippen molar-refractivity contribution in [1.82, 2.24) is 19.9 Å². The molecule has 0 spiro atoms. The number of thiophene rings is 1. The van der Waals surface area contributed by atoms with E-state index in [1.807, 2.05) is 0 Å². The van der Waals surface area contributed by atoms with Crippen molar-refractivity contribution in [2.24, 2.45) is 0 Å². The number of nitrogens with one attached hydrogen (secondary N) is 2. The van der Waals surface area contributed by atoms with E-state index >= 15 is 0 Å². The molecule has 0 radical (unpaired) electrons. The van der Waals surface area contributed by atoms with Crippen molar-refractivity contribution in [3.63, 3.8) is 0 Å². The maximum atomic E-state index is 13.0. The van der Waals surface area contributed by atoms with Crippen molar-refractivity contribution < 1.29 is 18.0 Å². The van der Waals surface area contributed by atoms with E-state index in [0.717, 1.165) is 43.8 Å². The van der Waals surface area contributed by atoms with Gasteiger partial charge in [-0.1, -0.05) is 6.42 Å². The first-order valence-electron chi connectivity index (χ1n) is 10.3. The second-order valence-corrected chi connectivity index (χ2v) is 8.64. The van der Waals surface area contributed by atoms with Crippen LogP contribution in [0.2, 0.25) is 0 Å². The van der Waals surface area contributed by atoms with Crippen molar-refractivity contribution in [2.75, 3.05) is 18.4 Å². The summed E-state index contributed by atoms with van der Waals surface area (Å²) in [5, 5.41) is 6.14. The summed E-state index contributed by atoms with van der Waals surface area (Å²) in [5.74, 6) is 0.748. The van der Waals surface area contributed by atoms with Crippen LogP contribution in [0.5, 0.6) is 0 Å². The number of hydrogen-bond acceptors (Lipinski definition) is 6. The summed E-state index contributed by atoms with van der Waals surface area (Å²) in [5.41, 5.74) is -0.287. The van der Waals surface area contributed by atoms with Gasteiger partial charge in [0.05, 0.1) is 15.8 Å². The molecular formula is C21H22F3N5O2S. The lowest BCUT2D eigenvalue weighted by molar-refractivity contribution is -0.137. The monoisotopic (exact) mass is 465 g/mol. The van der Waals surface area contributed by atoms with Crippen LogP contribution >= 0.6 is 11.3 Å². The lowest BCUT2D eigenvalue weighted by Crippen LogP contribution is -2.29. The Morgan fingerprint density at radius 2 is 2.03 bits per heavy atom. The van der Waals surface area contributed by atoms with Crippen LogP contribution < -0.4 is 16.2 Å². The largest absolute Gasteiger partial charge is 0.417 e. The van der Waals surface area contributed by atoms with Gasteiger partial charge in [0.25, 0.3) is 11.5 Å². The molecule has 3 aromatic rings. The summed E-state index contributed by atoms with van der Waals surface area (Å²) in [6.07, 6.45) is 0.0896. The number of fused-ring (bicyclic) bond motifs is 2. The number of pyridine rings is 1. The Bertz CT molecular complexity index is 1200. The SMILES string of the molecule is Cc1c(C(=O)NCCNc2ccc(C(F)(F)F)cn2)sc2nc3n(c(=O)c12)CCCCC3. The van der Waals surface area contributed by atoms with Crippen LogP contribution in [0, 0.1) is 6.92 Å². The van der Waals surface area contributed by atoms with Crippen LogP contribution in [0.4, 0.5) is 19.0 Å². The van der Waals surface area contributed by atoms with Crippen LogP contribution in [-0.4, -0.2) is 33.5 Å². The van der Waals surface area contributed by atoms with E-state index in [1.165, 1.54) is 17.4 Å². The van der Waals surface area contributed by atoms with Gasteiger partial charge in [-0.2, -0.15) is 13.2 Å². The first kappa shape index (κ1) is 22.3. The normalized spacial score (nSPS) is 14.1. The fourth-order valence-corrected chi connectivity index (χ4v) is 4.85. The molecule has 32 heavy (non-hydrogen) atoms. The minimum Gasteiger partial charge on any atom is -0.368 e. The Kier molecular flexibility index (Phi) is 6.18. The first-order valence-corrected chi connectivity index (χ1v) is 11.2. The summed E-state index contributed by atoms with van der Waals surface area (Å²) >= 11 is 1.21. The van der Waals surface area contributed by atoms with Gasteiger partial charge in [0, 0.05) is 32.3 Å². The quantitative estimate of drug-likeness (QED) is 0.561. The molecule has 0 saturated carbocycles. The Hall–Kier alpha value is -2.95. The van der Waals surface area contributed by atoms with E-state index in [2.05, 4.69) is 20.6 Å². The molecule has 1 amide bonds. The number of alkyl halides is 3. The average molecular weight is 466 g/mol. The smallest absolute Gasteiger partial charge is 0.368 e. The zero-order valence-electron chi connectivity index (χ0n) is 17.4. The Morgan fingerprint density at radius 3 is 2.75 bits per heavy atom. The number of aryl methyl sites for hydroxylation is 2. The number of carbonyl (C=O) groups excluding carboxylic acids is 1. The van der Waals surface area contributed by atoms with Gasteiger partial charge < -0.3 is 10.6 Å². The molecule has 1 aliphatic rings. The van der Waals surface area contributed by atoms with E-state index < -0.39 is 11.7 Å². The van der Waals surface area contributed by atoms with Crippen LogP contribution in [0.3, 0.4) is 0 Å². The van der Waals surface area contributed by atoms with Crippen LogP contribution in [-0.2, 0) is 19.1 Å². The lowest BCUT2D eigenvalue weighted by atomic mass is 10.2. The molecule has 0 bridgehead atoms. The molecule has 0 unspecified atom stereocenters. The van der Waals surface area contributed by atoms with Gasteiger partial charge in [0.15, 0.2) is 0 Å². The molecule has 3 aromatic heterocycles. The molecule has 4 heterocycles. The highest BCUT2D eigenvalue weighted by molar-refractivity contribution is 7.20.